The summed E-state index contributed by atoms with van der Waals surface area (Å²) in [7, 11) is 2.16. The summed E-state index contributed by atoms with van der Waals surface area (Å²) in [6, 6.07) is 3.87. The number of hydrogen-bond acceptors (Lipinski definition) is 3. The van der Waals surface area contributed by atoms with E-state index in [0.29, 0.717) is 22.9 Å². The number of likely N-dealkylation sites (tertiary alicyclic amines) is 1. The zero-order chi connectivity index (χ0) is 17.8. The molecule has 3 rings (SSSR count). The first-order valence-corrected chi connectivity index (χ1v) is 9.26. The third-order valence-corrected chi connectivity index (χ3v) is 5.36. The fourth-order valence-electron chi connectivity index (χ4n) is 3.60. The molecule has 0 aliphatic carbocycles. The molecule has 0 aromatic heterocycles. The molecule has 138 valence electrons. The highest BCUT2D eigenvalue weighted by molar-refractivity contribution is 7.80. The van der Waals surface area contributed by atoms with Gasteiger partial charge in [0.25, 0.3) is 0 Å². The van der Waals surface area contributed by atoms with Crippen molar-refractivity contribution in [2.45, 2.75) is 37.8 Å². The van der Waals surface area contributed by atoms with Gasteiger partial charge in [0.15, 0.2) is 5.11 Å². The van der Waals surface area contributed by atoms with Gasteiger partial charge in [-0.05, 0) is 57.1 Å². The smallest absolute Gasteiger partial charge is 0.173 e. The van der Waals surface area contributed by atoms with E-state index in [2.05, 4.69) is 22.2 Å². The van der Waals surface area contributed by atoms with Crippen molar-refractivity contribution in [2.75, 3.05) is 38.6 Å². The predicted molar refractivity (Wildman–Crippen MR) is 98.8 cm³/mol. The summed E-state index contributed by atoms with van der Waals surface area (Å²) < 4.78 is 32.3. The summed E-state index contributed by atoms with van der Waals surface area (Å²) >= 11 is 5.40. The van der Waals surface area contributed by atoms with Gasteiger partial charge >= 0.3 is 0 Å². The van der Waals surface area contributed by atoms with Crippen molar-refractivity contribution in [3.63, 3.8) is 0 Å². The van der Waals surface area contributed by atoms with Gasteiger partial charge in [-0.25, -0.2) is 8.78 Å². The Morgan fingerprint density at radius 3 is 2.52 bits per heavy atom. The zero-order valence-corrected chi connectivity index (χ0v) is 15.3. The Balaban J connectivity index is 1.47. The molecule has 1 N–H and O–H groups in total. The van der Waals surface area contributed by atoms with E-state index in [-0.39, 0.29) is 0 Å². The van der Waals surface area contributed by atoms with Crippen molar-refractivity contribution in [3.05, 3.63) is 29.8 Å². The summed E-state index contributed by atoms with van der Waals surface area (Å²) in [4.78, 5) is 4.46. The molecule has 0 amide bonds. The van der Waals surface area contributed by atoms with Gasteiger partial charge < -0.3 is 19.9 Å². The van der Waals surface area contributed by atoms with Crippen LogP contribution in [-0.4, -0.2) is 60.3 Å². The minimum absolute atomic E-state index is 0.347. The average molecular weight is 369 g/mol. The number of nitrogens with zero attached hydrogens (tertiary/aromatic N) is 2. The molecule has 2 aliphatic rings. The molecule has 25 heavy (non-hydrogen) atoms. The maximum atomic E-state index is 13.3. The summed E-state index contributed by atoms with van der Waals surface area (Å²) in [6.45, 7) is 3.54. The molecule has 1 unspecified atom stereocenters. The van der Waals surface area contributed by atoms with Crippen LogP contribution in [0.4, 0.5) is 14.5 Å². The molecule has 0 radical (unpaired) electrons. The number of hydrogen-bond donors (Lipinski definition) is 1. The Hall–Kier alpha value is -1.31. The second-order valence-electron chi connectivity index (χ2n) is 6.88. The Labute approximate surface area is 153 Å². The molecule has 2 saturated heterocycles. The van der Waals surface area contributed by atoms with Crippen molar-refractivity contribution in [1.82, 2.24) is 9.80 Å². The van der Waals surface area contributed by atoms with Gasteiger partial charge in [0.05, 0.1) is 6.10 Å². The van der Waals surface area contributed by atoms with Gasteiger partial charge in [0.2, 0.25) is 0 Å². The van der Waals surface area contributed by atoms with E-state index in [0.717, 1.165) is 58.0 Å². The minimum Gasteiger partial charge on any atom is -0.377 e. The van der Waals surface area contributed by atoms with Crippen LogP contribution in [0.25, 0.3) is 0 Å². The SMILES string of the molecule is CN(CC1CCCO1)C1CCN(C(=S)Nc2cc(F)cc(F)c2)CC1. The van der Waals surface area contributed by atoms with Crippen LogP contribution in [0.1, 0.15) is 25.7 Å². The molecule has 7 heteroatoms. The topological polar surface area (TPSA) is 27.7 Å². The van der Waals surface area contributed by atoms with Crippen molar-refractivity contribution in [1.29, 1.82) is 0 Å². The van der Waals surface area contributed by atoms with Gasteiger partial charge in [-0.1, -0.05) is 0 Å². The van der Waals surface area contributed by atoms with Gasteiger partial charge in [0, 0.05) is 44.0 Å². The lowest BCUT2D eigenvalue weighted by molar-refractivity contribution is 0.0576. The predicted octanol–water partition coefficient (Wildman–Crippen LogP) is 3.24. The molecule has 1 aromatic carbocycles. The zero-order valence-electron chi connectivity index (χ0n) is 14.5. The molecule has 2 aliphatic heterocycles. The van der Waals surface area contributed by atoms with Gasteiger partial charge in [0.1, 0.15) is 11.6 Å². The Bertz CT molecular complexity index is 582. The molecular formula is C18H25F2N3OS. The van der Waals surface area contributed by atoms with Crippen LogP contribution < -0.4 is 5.32 Å². The van der Waals surface area contributed by atoms with E-state index >= 15 is 0 Å². The van der Waals surface area contributed by atoms with Crippen LogP contribution in [0.15, 0.2) is 18.2 Å². The van der Waals surface area contributed by atoms with E-state index in [1.54, 1.807) is 0 Å². The van der Waals surface area contributed by atoms with E-state index in [1.807, 2.05) is 0 Å². The summed E-state index contributed by atoms with van der Waals surface area (Å²) in [5.41, 5.74) is 0.347. The Kier molecular flexibility index (Phi) is 6.19. The number of rotatable bonds is 4. The number of piperidine rings is 1. The van der Waals surface area contributed by atoms with Crippen LogP contribution in [0.2, 0.25) is 0 Å². The molecule has 0 spiro atoms. The molecular weight excluding hydrogens is 344 g/mol. The molecule has 2 heterocycles. The van der Waals surface area contributed by atoms with E-state index in [1.165, 1.54) is 12.1 Å². The van der Waals surface area contributed by atoms with Crippen LogP contribution in [0.5, 0.6) is 0 Å². The summed E-state index contributed by atoms with van der Waals surface area (Å²) in [5, 5.41) is 3.46. The maximum Gasteiger partial charge on any atom is 0.173 e. The van der Waals surface area contributed by atoms with E-state index < -0.39 is 11.6 Å². The van der Waals surface area contributed by atoms with Crippen molar-refractivity contribution < 1.29 is 13.5 Å². The van der Waals surface area contributed by atoms with Gasteiger partial charge in [-0.3, -0.25) is 0 Å². The molecule has 4 nitrogen and oxygen atoms in total. The fourth-order valence-corrected chi connectivity index (χ4v) is 3.90. The van der Waals surface area contributed by atoms with E-state index in [9.17, 15) is 8.78 Å². The van der Waals surface area contributed by atoms with Crippen LogP contribution in [0, 0.1) is 11.6 Å². The van der Waals surface area contributed by atoms with Crippen molar-refractivity contribution in [3.8, 4) is 0 Å². The number of ether oxygens (including phenoxy) is 1. The van der Waals surface area contributed by atoms with Crippen molar-refractivity contribution in [2.24, 2.45) is 0 Å². The fraction of sp³-hybridized carbons (Fsp3) is 0.611. The highest BCUT2D eigenvalue weighted by Gasteiger charge is 2.26. The quantitative estimate of drug-likeness (QED) is 0.823. The second-order valence-corrected chi connectivity index (χ2v) is 7.27. The number of thiocarbonyl (C=S) groups is 1. The largest absolute Gasteiger partial charge is 0.377 e. The highest BCUT2D eigenvalue weighted by Crippen LogP contribution is 2.20. The minimum atomic E-state index is -0.611. The normalized spacial score (nSPS) is 21.8. The summed E-state index contributed by atoms with van der Waals surface area (Å²) in [5.74, 6) is -1.22. The third kappa shape index (κ3) is 5.09. The number of benzene rings is 1. The van der Waals surface area contributed by atoms with Crippen LogP contribution >= 0.6 is 12.2 Å². The molecule has 2 fully saturated rings. The second kappa shape index (κ2) is 8.38. The molecule has 1 aromatic rings. The number of halogens is 2. The number of nitrogens with one attached hydrogen (secondary N) is 1. The number of likely N-dealkylation sites (N-methyl/N-ethyl adjacent to an activating group) is 1. The molecule has 0 bridgehead atoms. The van der Waals surface area contributed by atoms with Gasteiger partial charge in [-0.15, -0.1) is 0 Å². The van der Waals surface area contributed by atoms with Crippen LogP contribution in [-0.2, 0) is 4.74 Å². The van der Waals surface area contributed by atoms with E-state index in [4.69, 9.17) is 17.0 Å². The lowest BCUT2D eigenvalue weighted by Gasteiger charge is -2.38. The third-order valence-electron chi connectivity index (χ3n) is 5.00. The number of anilines is 1. The lowest BCUT2D eigenvalue weighted by Crippen LogP contribution is -2.48. The van der Waals surface area contributed by atoms with Gasteiger partial charge in [-0.2, -0.15) is 0 Å². The monoisotopic (exact) mass is 369 g/mol. The highest BCUT2D eigenvalue weighted by atomic mass is 32.1. The lowest BCUT2D eigenvalue weighted by atomic mass is 10.0. The first kappa shape index (κ1) is 18.5. The Morgan fingerprint density at radius 2 is 1.92 bits per heavy atom. The average Bonchev–Trinajstić information content (AvgIpc) is 3.07. The first-order chi connectivity index (χ1) is 12.0. The first-order valence-electron chi connectivity index (χ1n) is 8.85. The standard InChI is InChI=1S/C18H25F2N3OS/c1-22(12-17-3-2-8-24-17)16-4-6-23(7-5-16)18(25)21-15-10-13(19)9-14(20)11-15/h9-11,16-17H,2-8,12H2,1H3,(H,21,25). The summed E-state index contributed by atoms with van der Waals surface area (Å²) in [6.07, 6.45) is 4.72. The maximum absolute atomic E-state index is 13.3. The van der Waals surface area contributed by atoms with Crippen molar-refractivity contribution >= 4 is 23.0 Å². The Morgan fingerprint density at radius 1 is 1.24 bits per heavy atom. The molecule has 0 saturated carbocycles. The molecule has 1 atom stereocenters. The van der Waals surface area contributed by atoms with Crippen LogP contribution in [0.3, 0.4) is 0 Å².